The maximum absolute atomic E-state index is 12.9. The second kappa shape index (κ2) is 5.84. The quantitative estimate of drug-likeness (QED) is 0.862. The van der Waals surface area contributed by atoms with Gasteiger partial charge in [0.05, 0.1) is 5.54 Å². The standard InChI is InChI=1S/C19H22F3N5O/c1-26-15(19(20,21)22)7-14(24-26)17(28)23-16-2-3-27(25-16)18-8-11-4-12(9-18)6-13(5-11)10-18/h2-3,7,11-13H,4-6,8-10H2,1H3,(H,23,25,28). The van der Waals surface area contributed by atoms with Crippen molar-refractivity contribution in [1.29, 1.82) is 0 Å². The van der Waals surface area contributed by atoms with E-state index < -0.39 is 17.8 Å². The molecule has 28 heavy (non-hydrogen) atoms. The van der Waals surface area contributed by atoms with Crippen LogP contribution in [0.1, 0.15) is 54.7 Å². The van der Waals surface area contributed by atoms with Crippen LogP contribution in [0, 0.1) is 17.8 Å². The maximum Gasteiger partial charge on any atom is 0.433 e. The number of aryl methyl sites for hydroxylation is 1. The van der Waals surface area contributed by atoms with Crippen molar-refractivity contribution < 1.29 is 18.0 Å². The van der Waals surface area contributed by atoms with E-state index in [1.165, 1.54) is 26.3 Å². The topological polar surface area (TPSA) is 64.7 Å². The zero-order chi connectivity index (χ0) is 19.7. The van der Waals surface area contributed by atoms with E-state index in [1.807, 2.05) is 10.9 Å². The van der Waals surface area contributed by atoms with Crippen LogP contribution in [0.25, 0.3) is 0 Å². The number of nitrogens with one attached hydrogen (secondary N) is 1. The molecule has 4 saturated carbocycles. The zero-order valence-electron chi connectivity index (χ0n) is 15.5. The average molecular weight is 393 g/mol. The number of rotatable bonds is 3. The SMILES string of the molecule is Cn1nc(C(=O)Nc2ccn(C34CC5CC(CC(C5)C3)C4)n2)cc1C(F)(F)F. The molecular formula is C19H22F3N5O. The van der Waals surface area contributed by atoms with Gasteiger partial charge in [-0.25, -0.2) is 0 Å². The van der Waals surface area contributed by atoms with Crippen LogP contribution < -0.4 is 5.32 Å². The Balaban J connectivity index is 1.34. The Bertz CT molecular complexity index is 893. The second-order valence-electron chi connectivity index (χ2n) is 8.78. The fourth-order valence-corrected chi connectivity index (χ4v) is 6.02. The number of anilines is 1. The third-order valence-corrected chi connectivity index (χ3v) is 6.73. The highest BCUT2D eigenvalue weighted by molar-refractivity contribution is 6.02. The number of alkyl halides is 3. The monoisotopic (exact) mass is 393 g/mol. The highest BCUT2D eigenvalue weighted by atomic mass is 19.4. The second-order valence-corrected chi connectivity index (χ2v) is 8.78. The molecule has 2 heterocycles. The summed E-state index contributed by atoms with van der Waals surface area (Å²) in [5.41, 5.74) is -1.21. The van der Waals surface area contributed by atoms with Gasteiger partial charge in [-0.1, -0.05) is 0 Å². The number of amides is 1. The molecule has 4 fully saturated rings. The summed E-state index contributed by atoms with van der Waals surface area (Å²) in [6.07, 6.45) is 4.69. The lowest BCUT2D eigenvalue weighted by atomic mass is 9.53. The van der Waals surface area contributed by atoms with Gasteiger partial charge in [-0.05, 0) is 56.3 Å². The summed E-state index contributed by atoms with van der Waals surface area (Å²) < 4.78 is 41.4. The molecule has 1 amide bonds. The van der Waals surface area contributed by atoms with E-state index >= 15 is 0 Å². The minimum atomic E-state index is -4.56. The molecule has 2 aromatic heterocycles. The van der Waals surface area contributed by atoms with E-state index in [1.54, 1.807) is 6.07 Å². The Morgan fingerprint density at radius 2 is 1.75 bits per heavy atom. The summed E-state index contributed by atoms with van der Waals surface area (Å²) in [5, 5.41) is 10.8. The number of halogens is 3. The van der Waals surface area contributed by atoms with Crippen molar-refractivity contribution in [3.05, 3.63) is 29.7 Å². The lowest BCUT2D eigenvalue weighted by molar-refractivity contribution is -0.143. The minimum Gasteiger partial charge on any atom is -0.304 e. The summed E-state index contributed by atoms with van der Waals surface area (Å²) in [4.78, 5) is 12.4. The predicted octanol–water partition coefficient (Wildman–Crippen LogP) is 3.81. The molecule has 0 unspecified atom stereocenters. The first-order valence-electron chi connectivity index (χ1n) is 9.71. The first-order valence-corrected chi connectivity index (χ1v) is 9.71. The molecule has 4 aliphatic rings. The van der Waals surface area contributed by atoms with Crippen LogP contribution in [0.15, 0.2) is 18.3 Å². The van der Waals surface area contributed by atoms with Crippen molar-refractivity contribution in [3.8, 4) is 0 Å². The van der Waals surface area contributed by atoms with Gasteiger partial charge in [0.1, 0.15) is 5.69 Å². The molecule has 9 heteroatoms. The van der Waals surface area contributed by atoms with Crippen molar-refractivity contribution in [2.45, 2.75) is 50.2 Å². The molecule has 0 aromatic carbocycles. The molecule has 0 aliphatic heterocycles. The number of carbonyl (C=O) groups excluding carboxylic acids is 1. The first kappa shape index (κ1) is 17.8. The van der Waals surface area contributed by atoms with Crippen molar-refractivity contribution >= 4 is 11.7 Å². The highest BCUT2D eigenvalue weighted by Crippen LogP contribution is 2.58. The third-order valence-electron chi connectivity index (χ3n) is 6.73. The molecule has 4 bridgehead atoms. The van der Waals surface area contributed by atoms with Gasteiger partial charge in [-0.2, -0.15) is 23.4 Å². The van der Waals surface area contributed by atoms with E-state index in [0.717, 1.165) is 43.1 Å². The number of hydrogen-bond acceptors (Lipinski definition) is 3. The molecule has 6 nitrogen and oxygen atoms in total. The van der Waals surface area contributed by atoms with Gasteiger partial charge in [0.15, 0.2) is 11.5 Å². The first-order chi connectivity index (χ1) is 13.2. The summed E-state index contributed by atoms with van der Waals surface area (Å²) in [6.45, 7) is 0. The number of aromatic nitrogens is 4. The molecule has 150 valence electrons. The smallest absolute Gasteiger partial charge is 0.304 e. The summed E-state index contributed by atoms with van der Waals surface area (Å²) in [7, 11) is 1.17. The van der Waals surface area contributed by atoms with Crippen LogP contribution >= 0.6 is 0 Å². The van der Waals surface area contributed by atoms with Gasteiger partial charge >= 0.3 is 6.18 Å². The van der Waals surface area contributed by atoms with Gasteiger partial charge < -0.3 is 5.32 Å². The van der Waals surface area contributed by atoms with E-state index in [4.69, 9.17) is 0 Å². The van der Waals surface area contributed by atoms with Gasteiger partial charge in [0, 0.05) is 25.4 Å². The molecule has 0 atom stereocenters. The summed E-state index contributed by atoms with van der Waals surface area (Å²) >= 11 is 0. The molecule has 2 aromatic rings. The van der Waals surface area contributed by atoms with E-state index in [-0.39, 0.29) is 11.2 Å². The van der Waals surface area contributed by atoms with Gasteiger partial charge in [0.2, 0.25) is 0 Å². The zero-order valence-corrected chi connectivity index (χ0v) is 15.5. The molecule has 6 rings (SSSR count). The predicted molar refractivity (Wildman–Crippen MR) is 94.5 cm³/mol. The van der Waals surface area contributed by atoms with Crippen molar-refractivity contribution in [2.24, 2.45) is 24.8 Å². The van der Waals surface area contributed by atoms with Crippen molar-refractivity contribution in [3.63, 3.8) is 0 Å². The molecule has 0 radical (unpaired) electrons. The van der Waals surface area contributed by atoms with Gasteiger partial charge in [-0.3, -0.25) is 14.2 Å². The Hall–Kier alpha value is -2.32. The fourth-order valence-electron chi connectivity index (χ4n) is 6.02. The highest BCUT2D eigenvalue weighted by Gasteiger charge is 2.52. The van der Waals surface area contributed by atoms with Crippen LogP contribution in [-0.2, 0) is 18.8 Å². The number of nitrogens with zero attached hydrogens (tertiary/aromatic N) is 4. The Morgan fingerprint density at radius 1 is 1.14 bits per heavy atom. The summed E-state index contributed by atoms with van der Waals surface area (Å²) in [6, 6.07) is 2.47. The molecule has 0 spiro atoms. The number of carbonyl (C=O) groups is 1. The van der Waals surface area contributed by atoms with Crippen LogP contribution in [0.2, 0.25) is 0 Å². The fraction of sp³-hybridized carbons (Fsp3) is 0.632. The van der Waals surface area contributed by atoms with Gasteiger partial charge in [0.25, 0.3) is 5.91 Å². The van der Waals surface area contributed by atoms with Crippen molar-refractivity contribution in [2.75, 3.05) is 5.32 Å². The molecular weight excluding hydrogens is 371 g/mol. The Morgan fingerprint density at radius 3 is 2.29 bits per heavy atom. The molecule has 1 N–H and O–H groups in total. The largest absolute Gasteiger partial charge is 0.433 e. The Kier molecular flexibility index (Phi) is 3.70. The lowest BCUT2D eigenvalue weighted by Crippen LogP contribution is -2.52. The minimum absolute atomic E-state index is 0.0339. The lowest BCUT2D eigenvalue weighted by Gasteiger charge is -2.56. The third kappa shape index (κ3) is 2.82. The van der Waals surface area contributed by atoms with E-state index in [2.05, 4.69) is 15.5 Å². The molecule has 0 saturated heterocycles. The molecule has 4 aliphatic carbocycles. The number of hydrogen-bond donors (Lipinski definition) is 1. The Labute approximate surface area is 160 Å². The normalized spacial score (nSPS) is 31.4. The average Bonchev–Trinajstić information content (AvgIpc) is 3.20. The van der Waals surface area contributed by atoms with Crippen molar-refractivity contribution in [1.82, 2.24) is 19.6 Å². The van der Waals surface area contributed by atoms with Crippen LogP contribution in [0.3, 0.4) is 0 Å². The van der Waals surface area contributed by atoms with Crippen LogP contribution in [-0.4, -0.2) is 25.5 Å². The maximum atomic E-state index is 12.9. The van der Waals surface area contributed by atoms with E-state index in [9.17, 15) is 18.0 Å². The van der Waals surface area contributed by atoms with Crippen LogP contribution in [0.4, 0.5) is 19.0 Å². The van der Waals surface area contributed by atoms with E-state index in [0.29, 0.717) is 10.5 Å². The van der Waals surface area contributed by atoms with Gasteiger partial charge in [-0.15, -0.1) is 0 Å². The van der Waals surface area contributed by atoms with Crippen LogP contribution in [0.5, 0.6) is 0 Å². The summed E-state index contributed by atoms with van der Waals surface area (Å²) in [5.74, 6) is 1.95.